The van der Waals surface area contributed by atoms with Crippen molar-refractivity contribution in [1.29, 1.82) is 0 Å². The zero-order valence-electron chi connectivity index (χ0n) is 16.4. The van der Waals surface area contributed by atoms with Crippen LogP contribution in [0.2, 0.25) is 0 Å². The fourth-order valence-electron chi connectivity index (χ4n) is 2.46. The van der Waals surface area contributed by atoms with Crippen LogP contribution in [0.3, 0.4) is 0 Å². The minimum absolute atomic E-state index is 0.0521. The number of esters is 1. The molecule has 0 aliphatic rings. The number of carbonyl (C=O) groups is 2. The lowest BCUT2D eigenvalue weighted by Crippen LogP contribution is -2.24. The van der Waals surface area contributed by atoms with E-state index in [4.69, 9.17) is 9.47 Å². The molecular formula is C22H16BrN3O6. The molecule has 32 heavy (non-hydrogen) atoms. The number of halogens is 1. The Bertz CT molecular complexity index is 1160. The van der Waals surface area contributed by atoms with Gasteiger partial charge in [0.1, 0.15) is 11.5 Å². The Morgan fingerprint density at radius 2 is 1.78 bits per heavy atom. The van der Waals surface area contributed by atoms with E-state index in [1.807, 2.05) is 0 Å². The highest BCUT2D eigenvalue weighted by molar-refractivity contribution is 9.10. The Morgan fingerprint density at radius 3 is 2.53 bits per heavy atom. The molecule has 0 bridgehead atoms. The van der Waals surface area contributed by atoms with Gasteiger partial charge in [0.25, 0.3) is 11.6 Å². The molecule has 0 saturated heterocycles. The summed E-state index contributed by atoms with van der Waals surface area (Å²) in [5, 5.41) is 14.7. The highest BCUT2D eigenvalue weighted by atomic mass is 79.9. The molecule has 0 atom stereocenters. The van der Waals surface area contributed by atoms with Crippen LogP contribution in [-0.4, -0.2) is 29.6 Å². The summed E-state index contributed by atoms with van der Waals surface area (Å²) >= 11 is 3.31. The molecule has 0 aromatic heterocycles. The van der Waals surface area contributed by atoms with Gasteiger partial charge in [-0.1, -0.05) is 34.1 Å². The number of ether oxygens (including phenoxy) is 2. The molecule has 3 rings (SSSR count). The number of amides is 1. The van der Waals surface area contributed by atoms with Gasteiger partial charge < -0.3 is 9.47 Å². The van der Waals surface area contributed by atoms with Gasteiger partial charge in [-0.3, -0.25) is 14.9 Å². The number of benzene rings is 3. The number of nitrogens with zero attached hydrogens (tertiary/aromatic N) is 2. The van der Waals surface area contributed by atoms with Crippen molar-refractivity contribution in [3.8, 4) is 11.5 Å². The second-order valence-corrected chi connectivity index (χ2v) is 7.22. The Hall–Kier alpha value is -4.05. The first-order valence-corrected chi connectivity index (χ1v) is 9.97. The van der Waals surface area contributed by atoms with E-state index in [2.05, 4.69) is 26.5 Å². The summed E-state index contributed by atoms with van der Waals surface area (Å²) in [6.45, 7) is -0.208. The third kappa shape index (κ3) is 6.74. The van der Waals surface area contributed by atoms with E-state index < -0.39 is 16.8 Å². The van der Waals surface area contributed by atoms with E-state index in [9.17, 15) is 19.7 Å². The summed E-state index contributed by atoms with van der Waals surface area (Å²) in [5.74, 6) is -0.417. The van der Waals surface area contributed by atoms with Gasteiger partial charge in [0.2, 0.25) is 0 Å². The van der Waals surface area contributed by atoms with Gasteiger partial charge in [-0.25, -0.2) is 10.2 Å². The predicted molar refractivity (Wildman–Crippen MR) is 120 cm³/mol. The molecule has 1 N–H and O–H groups in total. The standard InChI is InChI=1S/C22H16BrN3O6/c23-17-7-9-19(10-8-17)31-14-21(27)25-24-13-15-3-1-6-20(11-15)32-22(28)16-4-2-5-18(12-16)26(29)30/h1-13H,14H2,(H,25,27). The summed E-state index contributed by atoms with van der Waals surface area (Å²) in [6, 6.07) is 18.7. The van der Waals surface area contributed by atoms with Gasteiger partial charge in [-0.15, -0.1) is 0 Å². The molecule has 0 radical (unpaired) electrons. The van der Waals surface area contributed by atoms with Gasteiger partial charge in [-0.05, 0) is 48.0 Å². The fraction of sp³-hybridized carbons (Fsp3) is 0.0455. The van der Waals surface area contributed by atoms with Crippen LogP contribution < -0.4 is 14.9 Å². The average molecular weight is 498 g/mol. The maximum absolute atomic E-state index is 12.3. The summed E-state index contributed by atoms with van der Waals surface area (Å²) in [5.41, 5.74) is 2.74. The van der Waals surface area contributed by atoms with Gasteiger partial charge >= 0.3 is 5.97 Å². The fourth-order valence-corrected chi connectivity index (χ4v) is 2.73. The van der Waals surface area contributed by atoms with Crippen molar-refractivity contribution in [3.63, 3.8) is 0 Å². The van der Waals surface area contributed by atoms with Crippen molar-refractivity contribution < 1.29 is 24.0 Å². The molecular weight excluding hydrogens is 482 g/mol. The summed E-state index contributed by atoms with van der Waals surface area (Å²) in [6.07, 6.45) is 1.38. The van der Waals surface area contributed by atoms with E-state index in [1.165, 1.54) is 30.5 Å². The van der Waals surface area contributed by atoms with Crippen molar-refractivity contribution >= 4 is 39.7 Å². The van der Waals surface area contributed by atoms with Crippen molar-refractivity contribution in [2.24, 2.45) is 5.10 Å². The normalized spacial score (nSPS) is 10.5. The number of nitrogens with one attached hydrogen (secondary N) is 1. The number of hydrogen-bond acceptors (Lipinski definition) is 7. The first-order valence-electron chi connectivity index (χ1n) is 9.18. The van der Waals surface area contributed by atoms with E-state index in [0.29, 0.717) is 11.3 Å². The zero-order valence-corrected chi connectivity index (χ0v) is 18.0. The number of rotatable bonds is 8. The molecule has 0 saturated carbocycles. The van der Waals surface area contributed by atoms with Crippen LogP contribution in [0.4, 0.5) is 5.69 Å². The lowest BCUT2D eigenvalue weighted by atomic mass is 10.2. The number of non-ortho nitro benzene ring substituents is 1. The molecule has 0 heterocycles. The minimum atomic E-state index is -0.735. The van der Waals surface area contributed by atoms with Crippen LogP contribution >= 0.6 is 15.9 Å². The monoisotopic (exact) mass is 497 g/mol. The summed E-state index contributed by atoms with van der Waals surface area (Å²) < 4.78 is 11.5. The lowest BCUT2D eigenvalue weighted by molar-refractivity contribution is -0.384. The van der Waals surface area contributed by atoms with Crippen LogP contribution in [0, 0.1) is 10.1 Å². The number of carbonyl (C=O) groups excluding carboxylic acids is 2. The third-order valence-corrected chi connectivity index (χ3v) is 4.48. The third-order valence-electron chi connectivity index (χ3n) is 3.95. The van der Waals surface area contributed by atoms with Crippen molar-refractivity contribution in [2.45, 2.75) is 0 Å². The van der Waals surface area contributed by atoms with Gasteiger partial charge in [0, 0.05) is 16.6 Å². The maximum atomic E-state index is 12.3. The van der Waals surface area contributed by atoms with Crippen LogP contribution in [0.25, 0.3) is 0 Å². The molecule has 3 aromatic carbocycles. The van der Waals surface area contributed by atoms with Crippen molar-refractivity contribution in [2.75, 3.05) is 6.61 Å². The Morgan fingerprint density at radius 1 is 1.03 bits per heavy atom. The quantitative estimate of drug-likeness (QED) is 0.164. The molecule has 0 fully saturated rings. The smallest absolute Gasteiger partial charge is 0.343 e. The summed E-state index contributed by atoms with van der Waals surface area (Å²) in [4.78, 5) is 34.4. The number of hydrazone groups is 1. The molecule has 162 valence electrons. The molecule has 10 heteroatoms. The Balaban J connectivity index is 1.53. The number of nitro groups is 1. The SMILES string of the molecule is O=C(COc1ccc(Br)cc1)NN=Cc1cccc(OC(=O)c2cccc([N+](=O)[O-])c2)c1. The number of hydrogen-bond donors (Lipinski definition) is 1. The van der Waals surface area contributed by atoms with E-state index >= 15 is 0 Å². The molecule has 1 amide bonds. The highest BCUT2D eigenvalue weighted by Crippen LogP contribution is 2.18. The molecule has 0 aliphatic carbocycles. The Kier molecular flexibility index (Phi) is 7.65. The predicted octanol–water partition coefficient (Wildman–Crippen LogP) is 4.11. The highest BCUT2D eigenvalue weighted by Gasteiger charge is 2.13. The zero-order chi connectivity index (χ0) is 22.9. The first-order chi connectivity index (χ1) is 15.4. The second-order valence-electron chi connectivity index (χ2n) is 6.31. The molecule has 0 aliphatic heterocycles. The molecule has 9 nitrogen and oxygen atoms in total. The van der Waals surface area contributed by atoms with Crippen molar-refractivity contribution in [3.05, 3.63) is 98.5 Å². The molecule has 0 spiro atoms. The van der Waals surface area contributed by atoms with E-state index in [0.717, 1.165) is 10.5 Å². The Labute approximate surface area is 190 Å². The van der Waals surface area contributed by atoms with Crippen LogP contribution in [0.5, 0.6) is 11.5 Å². The molecule has 3 aromatic rings. The van der Waals surface area contributed by atoms with E-state index in [1.54, 1.807) is 42.5 Å². The number of nitro benzene ring substituents is 1. The van der Waals surface area contributed by atoms with Gasteiger partial charge in [0.15, 0.2) is 6.61 Å². The van der Waals surface area contributed by atoms with Crippen molar-refractivity contribution in [1.82, 2.24) is 5.43 Å². The summed E-state index contributed by atoms with van der Waals surface area (Å²) in [7, 11) is 0. The largest absolute Gasteiger partial charge is 0.484 e. The average Bonchev–Trinajstić information content (AvgIpc) is 2.79. The van der Waals surface area contributed by atoms with Crippen LogP contribution in [0.1, 0.15) is 15.9 Å². The topological polar surface area (TPSA) is 120 Å². The molecule has 0 unspecified atom stereocenters. The van der Waals surface area contributed by atoms with E-state index in [-0.39, 0.29) is 23.6 Å². The van der Waals surface area contributed by atoms with Gasteiger partial charge in [0.05, 0.1) is 16.7 Å². The minimum Gasteiger partial charge on any atom is -0.484 e. The van der Waals surface area contributed by atoms with Gasteiger partial charge in [-0.2, -0.15) is 5.10 Å². The maximum Gasteiger partial charge on any atom is 0.343 e. The van der Waals surface area contributed by atoms with Crippen LogP contribution in [0.15, 0.2) is 82.4 Å². The van der Waals surface area contributed by atoms with Crippen LogP contribution in [-0.2, 0) is 4.79 Å². The first kappa shape index (κ1) is 22.6. The second kappa shape index (κ2) is 10.8. The lowest BCUT2D eigenvalue weighted by Gasteiger charge is -2.06.